The minimum Gasteiger partial charge on any atom is -0.453 e. The zero-order valence-corrected chi connectivity index (χ0v) is 15.7. The lowest BCUT2D eigenvalue weighted by Crippen LogP contribution is -2.40. The van der Waals surface area contributed by atoms with Crippen molar-refractivity contribution in [3.05, 3.63) is 23.7 Å². The van der Waals surface area contributed by atoms with E-state index in [4.69, 9.17) is 15.3 Å². The molecule has 1 heterocycles. The van der Waals surface area contributed by atoms with Gasteiger partial charge in [-0.3, -0.25) is 0 Å². The van der Waals surface area contributed by atoms with Crippen LogP contribution in [0.2, 0.25) is 0 Å². The molecule has 1 saturated carbocycles. The molecule has 1 aromatic heterocycles. The van der Waals surface area contributed by atoms with Crippen LogP contribution >= 0.6 is 12.4 Å². The number of hydrogen-bond acceptors (Lipinski definition) is 3. The smallest absolute Gasteiger partial charge is 0.177 e. The molecule has 0 spiro atoms. The molecular formula is C20H32ClNO2. The van der Waals surface area contributed by atoms with E-state index in [0.717, 1.165) is 30.3 Å². The largest absolute Gasteiger partial charge is 0.453 e. The van der Waals surface area contributed by atoms with Gasteiger partial charge in [0.1, 0.15) is 5.76 Å². The molecular weight excluding hydrogens is 322 g/mol. The predicted octanol–water partition coefficient (Wildman–Crippen LogP) is 4.45. The van der Waals surface area contributed by atoms with Crippen LogP contribution in [0.5, 0.6) is 0 Å². The second kappa shape index (κ2) is 10.8. The molecule has 0 saturated heterocycles. The molecule has 1 aromatic rings. The van der Waals surface area contributed by atoms with Gasteiger partial charge in [-0.05, 0) is 50.2 Å². The Morgan fingerprint density at radius 3 is 2.75 bits per heavy atom. The van der Waals surface area contributed by atoms with Crippen LogP contribution in [0.15, 0.2) is 16.5 Å². The average molecular weight is 354 g/mol. The third kappa shape index (κ3) is 7.75. The number of rotatable bonds is 7. The molecule has 0 radical (unpaired) electrons. The predicted molar refractivity (Wildman–Crippen MR) is 101 cm³/mol. The Morgan fingerprint density at radius 1 is 1.29 bits per heavy atom. The number of aliphatic hydroxyl groups is 1. The Kier molecular flexibility index (Phi) is 9.51. The van der Waals surface area contributed by atoms with Gasteiger partial charge in [0.25, 0.3) is 0 Å². The molecule has 0 aliphatic heterocycles. The Hall–Kier alpha value is -0.950. The molecule has 24 heavy (non-hydrogen) atoms. The van der Waals surface area contributed by atoms with E-state index < -0.39 is 5.54 Å². The number of aliphatic hydroxyl groups excluding tert-OH is 1. The molecule has 136 valence electrons. The van der Waals surface area contributed by atoms with Gasteiger partial charge in [0.15, 0.2) is 5.76 Å². The van der Waals surface area contributed by atoms with E-state index in [9.17, 15) is 0 Å². The summed E-state index contributed by atoms with van der Waals surface area (Å²) in [5, 5.41) is 9.16. The Bertz CT molecular complexity index is 521. The van der Waals surface area contributed by atoms with Crippen molar-refractivity contribution in [2.24, 2.45) is 11.7 Å². The highest BCUT2D eigenvalue weighted by Crippen LogP contribution is 2.27. The summed E-state index contributed by atoms with van der Waals surface area (Å²) in [4.78, 5) is 0. The summed E-state index contributed by atoms with van der Waals surface area (Å²) in [6.07, 6.45) is 12.0. The highest BCUT2D eigenvalue weighted by atomic mass is 35.5. The van der Waals surface area contributed by atoms with E-state index in [-0.39, 0.29) is 19.0 Å². The van der Waals surface area contributed by atoms with Gasteiger partial charge in [-0.2, -0.15) is 0 Å². The van der Waals surface area contributed by atoms with Crippen molar-refractivity contribution in [2.75, 3.05) is 6.61 Å². The Balaban J connectivity index is 0.00000288. The first kappa shape index (κ1) is 21.1. The highest BCUT2D eigenvalue weighted by molar-refractivity contribution is 5.85. The lowest BCUT2D eigenvalue weighted by atomic mass is 9.86. The van der Waals surface area contributed by atoms with Gasteiger partial charge in [-0.15, -0.1) is 12.4 Å². The summed E-state index contributed by atoms with van der Waals surface area (Å²) in [7, 11) is 0. The van der Waals surface area contributed by atoms with Crippen molar-refractivity contribution < 1.29 is 9.52 Å². The number of unbranched alkanes of at least 4 members (excludes halogenated alkanes) is 1. The van der Waals surface area contributed by atoms with Crippen molar-refractivity contribution in [3.63, 3.8) is 0 Å². The van der Waals surface area contributed by atoms with Gasteiger partial charge in [0.05, 0.1) is 6.61 Å². The molecule has 1 fully saturated rings. The van der Waals surface area contributed by atoms with E-state index in [1.54, 1.807) is 0 Å². The minimum atomic E-state index is -0.544. The summed E-state index contributed by atoms with van der Waals surface area (Å²) in [5.41, 5.74) is 5.38. The van der Waals surface area contributed by atoms with Crippen molar-refractivity contribution in [3.8, 4) is 11.8 Å². The molecule has 0 unspecified atom stereocenters. The summed E-state index contributed by atoms with van der Waals surface area (Å²) in [6, 6.07) is 3.88. The monoisotopic (exact) mass is 353 g/mol. The number of halogens is 1. The maximum absolute atomic E-state index is 9.16. The fourth-order valence-corrected chi connectivity index (χ4v) is 3.17. The third-order valence-electron chi connectivity index (χ3n) is 4.82. The van der Waals surface area contributed by atoms with Crippen LogP contribution in [0.1, 0.15) is 76.2 Å². The lowest BCUT2D eigenvalue weighted by Gasteiger charge is -2.20. The number of hydrogen-bond donors (Lipinski definition) is 2. The topological polar surface area (TPSA) is 59.4 Å². The van der Waals surface area contributed by atoms with Gasteiger partial charge >= 0.3 is 0 Å². The van der Waals surface area contributed by atoms with E-state index in [2.05, 4.69) is 11.8 Å². The van der Waals surface area contributed by atoms with Crippen molar-refractivity contribution >= 4 is 12.4 Å². The third-order valence-corrected chi connectivity index (χ3v) is 4.82. The number of furan rings is 1. The van der Waals surface area contributed by atoms with Gasteiger partial charge < -0.3 is 15.3 Å². The molecule has 0 amide bonds. The van der Waals surface area contributed by atoms with Gasteiger partial charge in [0.2, 0.25) is 0 Å². The molecule has 1 atom stereocenters. The van der Waals surface area contributed by atoms with Crippen LogP contribution in [0.4, 0.5) is 0 Å². The number of aryl methyl sites for hydroxylation is 1. The van der Waals surface area contributed by atoms with Crippen LogP contribution < -0.4 is 5.73 Å². The zero-order valence-electron chi connectivity index (χ0n) is 14.9. The highest BCUT2D eigenvalue weighted by Gasteiger charge is 2.17. The quantitative estimate of drug-likeness (QED) is 0.562. The van der Waals surface area contributed by atoms with Crippen molar-refractivity contribution in [1.29, 1.82) is 0 Å². The Labute approximate surface area is 152 Å². The molecule has 0 bridgehead atoms. The molecule has 3 nitrogen and oxygen atoms in total. The summed E-state index contributed by atoms with van der Waals surface area (Å²) >= 11 is 0. The summed E-state index contributed by atoms with van der Waals surface area (Å²) < 4.78 is 5.71. The maximum Gasteiger partial charge on any atom is 0.177 e. The second-order valence-corrected chi connectivity index (χ2v) is 7.28. The first-order chi connectivity index (χ1) is 11.1. The van der Waals surface area contributed by atoms with E-state index in [0.29, 0.717) is 6.42 Å². The molecule has 4 heteroatoms. The van der Waals surface area contributed by atoms with Gasteiger partial charge in [-0.1, -0.05) is 38.0 Å². The van der Waals surface area contributed by atoms with Crippen molar-refractivity contribution in [1.82, 2.24) is 0 Å². The molecule has 0 aromatic carbocycles. The zero-order chi connectivity index (χ0) is 16.5. The van der Waals surface area contributed by atoms with E-state index in [1.165, 1.54) is 44.9 Å². The fourth-order valence-electron chi connectivity index (χ4n) is 3.17. The van der Waals surface area contributed by atoms with Crippen LogP contribution in [0.25, 0.3) is 0 Å². The van der Waals surface area contributed by atoms with Crippen LogP contribution in [-0.2, 0) is 6.42 Å². The summed E-state index contributed by atoms with van der Waals surface area (Å²) in [5.74, 6) is 8.92. The van der Waals surface area contributed by atoms with Gasteiger partial charge in [-0.25, -0.2) is 0 Å². The fraction of sp³-hybridized carbons (Fsp3) is 0.700. The molecule has 3 N–H and O–H groups in total. The van der Waals surface area contributed by atoms with Crippen LogP contribution in [-0.4, -0.2) is 17.3 Å². The van der Waals surface area contributed by atoms with Crippen LogP contribution in [0.3, 0.4) is 0 Å². The van der Waals surface area contributed by atoms with Crippen molar-refractivity contribution in [2.45, 2.75) is 76.7 Å². The molecule has 1 aliphatic rings. The minimum absolute atomic E-state index is 0. The first-order valence-corrected chi connectivity index (χ1v) is 9.06. The normalized spacial score (nSPS) is 17.5. The molecule has 2 rings (SSSR count). The number of nitrogens with two attached hydrogens (primary N) is 1. The maximum atomic E-state index is 9.16. The van der Waals surface area contributed by atoms with Crippen LogP contribution in [0, 0.1) is 17.8 Å². The Morgan fingerprint density at radius 2 is 2.04 bits per heavy atom. The summed E-state index contributed by atoms with van der Waals surface area (Å²) in [6.45, 7) is 1.84. The standard InChI is InChI=1S/C20H31NO2.ClH/c1-20(21,16-22)15-14-19-13-12-18(23-19)11-7-3-6-10-17-8-4-2-5-9-17;/h12-13,17,22H,2-6,8-10,14-16,21H2,1H3;1H/t20-;/m1./s1. The molecule has 1 aliphatic carbocycles. The lowest BCUT2D eigenvalue weighted by molar-refractivity contribution is 0.199. The second-order valence-electron chi connectivity index (χ2n) is 7.28. The SMILES string of the molecule is C[C@](N)(CO)CCc1ccc(C#CCCCC2CCCCC2)o1.Cl. The van der Waals surface area contributed by atoms with E-state index >= 15 is 0 Å². The first-order valence-electron chi connectivity index (χ1n) is 9.06. The van der Waals surface area contributed by atoms with Gasteiger partial charge in [0, 0.05) is 18.4 Å². The average Bonchev–Trinajstić information content (AvgIpc) is 3.02. The van der Waals surface area contributed by atoms with E-state index in [1.807, 2.05) is 19.1 Å².